The van der Waals surface area contributed by atoms with Crippen LogP contribution >= 0.6 is 15.9 Å². The number of nitrogen functional groups attached to an aromatic ring is 1. The van der Waals surface area contributed by atoms with Gasteiger partial charge in [0, 0.05) is 11.0 Å². The van der Waals surface area contributed by atoms with Gasteiger partial charge in [0.15, 0.2) is 0 Å². The number of nitrogens with two attached hydrogens (primary N) is 1. The minimum absolute atomic E-state index is 0.581. The summed E-state index contributed by atoms with van der Waals surface area (Å²) in [5.74, 6) is 2.62. The maximum atomic E-state index is 5.87. The second-order valence-corrected chi connectivity index (χ2v) is 3.84. The Labute approximate surface area is 93.2 Å². The van der Waals surface area contributed by atoms with Crippen molar-refractivity contribution in [3.05, 3.63) is 22.7 Å². The van der Waals surface area contributed by atoms with Crippen molar-refractivity contribution in [2.45, 2.75) is 6.92 Å². The predicted molar refractivity (Wildman–Crippen MR) is 65.3 cm³/mol. The van der Waals surface area contributed by atoms with E-state index in [2.05, 4.69) is 33.7 Å². The first-order chi connectivity index (χ1) is 6.69. The lowest BCUT2D eigenvalue weighted by Gasteiger charge is -2.22. The fourth-order valence-electron chi connectivity index (χ4n) is 1.27. The molecule has 1 aromatic carbocycles. The van der Waals surface area contributed by atoms with Crippen LogP contribution in [0.3, 0.4) is 0 Å². The largest absolute Gasteiger partial charge is 0.397 e. The summed E-state index contributed by atoms with van der Waals surface area (Å²) in [4.78, 5) is 2.06. The van der Waals surface area contributed by atoms with Crippen molar-refractivity contribution in [2.24, 2.45) is 0 Å². The molecule has 74 valence electrons. The van der Waals surface area contributed by atoms with Crippen molar-refractivity contribution in [1.82, 2.24) is 0 Å². The number of hydrogen-bond acceptors (Lipinski definition) is 2. The SMILES string of the molecule is C#CCN(CC)c1cc(Br)ccc1N. The van der Waals surface area contributed by atoms with Gasteiger partial charge in [0.25, 0.3) is 0 Å². The molecule has 0 amide bonds. The van der Waals surface area contributed by atoms with Crippen molar-refractivity contribution in [3.8, 4) is 12.3 Å². The molecule has 3 heteroatoms. The van der Waals surface area contributed by atoms with Crippen molar-refractivity contribution >= 4 is 27.3 Å². The molecule has 0 heterocycles. The minimum Gasteiger partial charge on any atom is -0.397 e. The van der Waals surface area contributed by atoms with E-state index in [1.165, 1.54) is 0 Å². The molecule has 0 aliphatic heterocycles. The average molecular weight is 253 g/mol. The second-order valence-electron chi connectivity index (χ2n) is 2.92. The van der Waals surface area contributed by atoms with Crippen LogP contribution in [0, 0.1) is 12.3 Å². The number of hydrogen-bond donors (Lipinski definition) is 1. The zero-order chi connectivity index (χ0) is 10.6. The highest BCUT2D eigenvalue weighted by Gasteiger charge is 2.06. The first-order valence-corrected chi connectivity index (χ1v) is 5.21. The Morgan fingerprint density at radius 2 is 2.29 bits per heavy atom. The second kappa shape index (κ2) is 4.92. The number of halogens is 1. The molecule has 0 saturated heterocycles. The molecular formula is C11H13BrN2. The van der Waals surface area contributed by atoms with Crippen LogP contribution in [-0.4, -0.2) is 13.1 Å². The molecule has 0 aliphatic rings. The number of terminal acetylenes is 1. The van der Waals surface area contributed by atoms with E-state index in [1.807, 2.05) is 18.2 Å². The summed E-state index contributed by atoms with van der Waals surface area (Å²) < 4.78 is 1.01. The molecule has 0 aliphatic carbocycles. The smallest absolute Gasteiger partial charge is 0.0792 e. The van der Waals surface area contributed by atoms with E-state index in [-0.39, 0.29) is 0 Å². The summed E-state index contributed by atoms with van der Waals surface area (Å²) in [5.41, 5.74) is 7.61. The number of nitrogens with zero attached hydrogens (tertiary/aromatic N) is 1. The first kappa shape index (κ1) is 10.9. The van der Waals surface area contributed by atoms with E-state index in [1.54, 1.807) is 0 Å². The number of benzene rings is 1. The molecule has 2 nitrogen and oxygen atoms in total. The fourth-order valence-corrected chi connectivity index (χ4v) is 1.62. The number of rotatable bonds is 3. The Kier molecular flexibility index (Phi) is 3.84. The normalized spacial score (nSPS) is 9.50. The standard InChI is InChI=1S/C11H13BrN2/c1-3-7-14(4-2)11-8-9(12)5-6-10(11)13/h1,5-6,8H,4,7,13H2,2H3. The van der Waals surface area contributed by atoms with Crippen LogP contribution in [0.15, 0.2) is 22.7 Å². The van der Waals surface area contributed by atoms with Gasteiger partial charge < -0.3 is 10.6 Å². The molecule has 0 saturated carbocycles. The van der Waals surface area contributed by atoms with Gasteiger partial charge in [-0.15, -0.1) is 6.42 Å². The quantitative estimate of drug-likeness (QED) is 0.662. The molecule has 2 N–H and O–H groups in total. The Morgan fingerprint density at radius 1 is 1.57 bits per heavy atom. The van der Waals surface area contributed by atoms with Crippen molar-refractivity contribution in [1.29, 1.82) is 0 Å². The van der Waals surface area contributed by atoms with E-state index >= 15 is 0 Å². The maximum absolute atomic E-state index is 5.87. The Balaban J connectivity index is 3.03. The van der Waals surface area contributed by atoms with Crippen molar-refractivity contribution in [2.75, 3.05) is 23.7 Å². The molecule has 0 fully saturated rings. The highest BCUT2D eigenvalue weighted by Crippen LogP contribution is 2.26. The van der Waals surface area contributed by atoms with Gasteiger partial charge in [0.1, 0.15) is 0 Å². The van der Waals surface area contributed by atoms with E-state index in [9.17, 15) is 0 Å². The topological polar surface area (TPSA) is 29.3 Å². The molecule has 0 unspecified atom stereocenters. The molecule has 0 spiro atoms. The van der Waals surface area contributed by atoms with Gasteiger partial charge in [-0.2, -0.15) is 0 Å². The maximum Gasteiger partial charge on any atom is 0.0792 e. The molecule has 1 rings (SSSR count). The molecule has 0 aromatic heterocycles. The summed E-state index contributed by atoms with van der Waals surface area (Å²) in [6.45, 7) is 3.49. The first-order valence-electron chi connectivity index (χ1n) is 4.42. The molecule has 0 bridgehead atoms. The Bertz CT molecular complexity index is 355. The lowest BCUT2D eigenvalue weighted by Crippen LogP contribution is -2.23. The van der Waals surface area contributed by atoms with Gasteiger partial charge in [-0.05, 0) is 25.1 Å². The monoisotopic (exact) mass is 252 g/mol. The van der Waals surface area contributed by atoms with Crippen LogP contribution in [0.5, 0.6) is 0 Å². The highest BCUT2D eigenvalue weighted by atomic mass is 79.9. The van der Waals surface area contributed by atoms with Gasteiger partial charge >= 0.3 is 0 Å². The van der Waals surface area contributed by atoms with E-state index in [0.717, 1.165) is 22.4 Å². The van der Waals surface area contributed by atoms with Crippen LogP contribution in [0.25, 0.3) is 0 Å². The highest BCUT2D eigenvalue weighted by molar-refractivity contribution is 9.10. The van der Waals surface area contributed by atoms with Crippen LogP contribution in [0.2, 0.25) is 0 Å². The van der Waals surface area contributed by atoms with E-state index in [0.29, 0.717) is 6.54 Å². The van der Waals surface area contributed by atoms with E-state index in [4.69, 9.17) is 12.2 Å². The lowest BCUT2D eigenvalue weighted by molar-refractivity contribution is 0.919. The average Bonchev–Trinajstić information content (AvgIpc) is 2.18. The summed E-state index contributed by atoms with van der Waals surface area (Å²) in [5, 5.41) is 0. The zero-order valence-electron chi connectivity index (χ0n) is 8.13. The summed E-state index contributed by atoms with van der Waals surface area (Å²) in [6, 6.07) is 5.78. The predicted octanol–water partition coefficient (Wildman–Crippen LogP) is 2.49. The lowest BCUT2D eigenvalue weighted by atomic mass is 10.2. The van der Waals surface area contributed by atoms with Crippen LogP contribution in [-0.2, 0) is 0 Å². The Morgan fingerprint density at radius 3 is 2.86 bits per heavy atom. The molecule has 0 radical (unpaired) electrons. The van der Waals surface area contributed by atoms with Crippen LogP contribution < -0.4 is 10.6 Å². The van der Waals surface area contributed by atoms with Gasteiger partial charge in [0.2, 0.25) is 0 Å². The third-order valence-corrected chi connectivity index (χ3v) is 2.49. The summed E-state index contributed by atoms with van der Waals surface area (Å²) in [7, 11) is 0. The van der Waals surface area contributed by atoms with Crippen molar-refractivity contribution in [3.63, 3.8) is 0 Å². The van der Waals surface area contributed by atoms with E-state index < -0.39 is 0 Å². The fraction of sp³-hybridized carbons (Fsp3) is 0.273. The minimum atomic E-state index is 0.581. The molecule has 14 heavy (non-hydrogen) atoms. The third kappa shape index (κ3) is 2.43. The van der Waals surface area contributed by atoms with Crippen LogP contribution in [0.1, 0.15) is 6.92 Å². The van der Waals surface area contributed by atoms with Crippen molar-refractivity contribution < 1.29 is 0 Å². The summed E-state index contributed by atoms with van der Waals surface area (Å²) >= 11 is 3.41. The van der Waals surface area contributed by atoms with Gasteiger partial charge in [-0.1, -0.05) is 21.9 Å². The molecular weight excluding hydrogens is 240 g/mol. The van der Waals surface area contributed by atoms with Crippen LogP contribution in [0.4, 0.5) is 11.4 Å². The zero-order valence-corrected chi connectivity index (χ0v) is 9.71. The third-order valence-electron chi connectivity index (χ3n) is 2.00. The van der Waals surface area contributed by atoms with Gasteiger partial charge in [-0.3, -0.25) is 0 Å². The summed E-state index contributed by atoms with van der Waals surface area (Å²) in [6.07, 6.45) is 5.29. The van der Waals surface area contributed by atoms with Gasteiger partial charge in [0.05, 0.1) is 17.9 Å². The van der Waals surface area contributed by atoms with Gasteiger partial charge in [-0.25, -0.2) is 0 Å². The number of anilines is 2. The Hall–Kier alpha value is -1.14. The molecule has 0 atom stereocenters. The molecule has 1 aromatic rings.